The quantitative estimate of drug-likeness (QED) is 0.475. The predicted octanol–water partition coefficient (Wildman–Crippen LogP) is 1.60. The largest absolute Gasteiger partial charge is 0.506 e. The van der Waals surface area contributed by atoms with Gasteiger partial charge in [-0.3, -0.25) is 0 Å². The molecular weight excluding hydrogens is 234 g/mol. The molecule has 3 N–H and O–H groups in total. The zero-order chi connectivity index (χ0) is 13.0. The minimum absolute atomic E-state index is 0.0369. The number of anilines is 1. The van der Waals surface area contributed by atoms with E-state index in [2.05, 4.69) is 10.1 Å². The van der Waals surface area contributed by atoms with Crippen LogP contribution in [0.15, 0.2) is 22.7 Å². The smallest absolute Gasteiger partial charge is 0.258 e. The first-order valence-corrected chi connectivity index (χ1v) is 5.70. The second-order valence-electron chi connectivity index (χ2n) is 3.74. The summed E-state index contributed by atoms with van der Waals surface area (Å²) in [6.07, 6.45) is 0.602. The Bertz CT molecular complexity index is 525. The molecule has 0 aliphatic heterocycles. The third-order valence-corrected chi connectivity index (χ3v) is 2.42. The zero-order valence-electron chi connectivity index (χ0n) is 10.1. The number of aromatic nitrogens is 2. The molecule has 6 nitrogen and oxygen atoms in total. The SMILES string of the molecule is CCOCCc1noc(-c2ccc(O)c(N)c2)n1. The highest BCUT2D eigenvalue weighted by atomic mass is 16.5. The lowest BCUT2D eigenvalue weighted by Crippen LogP contribution is -1.99. The molecule has 0 unspecified atom stereocenters. The van der Waals surface area contributed by atoms with Crippen molar-refractivity contribution in [2.45, 2.75) is 13.3 Å². The second-order valence-corrected chi connectivity index (χ2v) is 3.74. The highest BCUT2D eigenvalue weighted by Gasteiger charge is 2.10. The summed E-state index contributed by atoms with van der Waals surface area (Å²) in [5, 5.41) is 13.2. The van der Waals surface area contributed by atoms with E-state index in [1.165, 1.54) is 6.07 Å². The Morgan fingerprint density at radius 1 is 1.44 bits per heavy atom. The maximum atomic E-state index is 9.33. The predicted molar refractivity (Wildman–Crippen MR) is 66.0 cm³/mol. The summed E-state index contributed by atoms with van der Waals surface area (Å²) < 4.78 is 10.3. The Hall–Kier alpha value is -2.08. The summed E-state index contributed by atoms with van der Waals surface area (Å²) in [6.45, 7) is 3.16. The van der Waals surface area contributed by atoms with Gasteiger partial charge < -0.3 is 20.1 Å². The van der Waals surface area contributed by atoms with Crippen LogP contribution >= 0.6 is 0 Å². The molecule has 0 aliphatic carbocycles. The summed E-state index contributed by atoms with van der Waals surface area (Å²) in [5.74, 6) is 1.01. The lowest BCUT2D eigenvalue weighted by molar-refractivity contribution is 0.149. The first-order valence-electron chi connectivity index (χ1n) is 5.70. The summed E-state index contributed by atoms with van der Waals surface area (Å²) in [6, 6.07) is 4.76. The van der Waals surface area contributed by atoms with Gasteiger partial charge in [0.15, 0.2) is 5.82 Å². The molecule has 0 radical (unpaired) electrons. The first-order chi connectivity index (χ1) is 8.70. The molecule has 0 atom stereocenters. The standard InChI is InChI=1S/C12H15N3O3/c1-2-17-6-5-11-14-12(18-15-11)8-3-4-10(16)9(13)7-8/h3-4,7,16H,2,5-6,13H2,1H3. The van der Waals surface area contributed by atoms with Crippen LogP contribution in [0.2, 0.25) is 0 Å². The fourth-order valence-corrected chi connectivity index (χ4v) is 1.47. The number of nitrogens with zero attached hydrogens (tertiary/aromatic N) is 2. The van der Waals surface area contributed by atoms with Crippen molar-refractivity contribution in [2.75, 3.05) is 18.9 Å². The van der Waals surface area contributed by atoms with E-state index in [0.717, 1.165) is 0 Å². The van der Waals surface area contributed by atoms with E-state index >= 15 is 0 Å². The maximum absolute atomic E-state index is 9.33. The number of phenols is 1. The highest BCUT2D eigenvalue weighted by Crippen LogP contribution is 2.26. The third-order valence-electron chi connectivity index (χ3n) is 2.42. The third kappa shape index (κ3) is 2.78. The van der Waals surface area contributed by atoms with Crippen molar-refractivity contribution in [3.05, 3.63) is 24.0 Å². The van der Waals surface area contributed by atoms with Crippen molar-refractivity contribution < 1.29 is 14.4 Å². The Morgan fingerprint density at radius 3 is 3.00 bits per heavy atom. The molecule has 0 bridgehead atoms. The Balaban J connectivity index is 2.11. The van der Waals surface area contributed by atoms with Crippen molar-refractivity contribution in [1.29, 1.82) is 0 Å². The number of rotatable bonds is 5. The number of nitrogens with two attached hydrogens (primary N) is 1. The van der Waals surface area contributed by atoms with Gasteiger partial charge in [-0.05, 0) is 25.1 Å². The highest BCUT2D eigenvalue weighted by molar-refractivity contribution is 5.64. The topological polar surface area (TPSA) is 94.4 Å². The molecule has 1 aromatic heterocycles. The molecular formula is C12H15N3O3. The van der Waals surface area contributed by atoms with Crippen molar-refractivity contribution in [3.8, 4) is 17.2 Å². The van der Waals surface area contributed by atoms with Gasteiger partial charge in [-0.25, -0.2) is 0 Å². The summed E-state index contributed by atoms with van der Waals surface area (Å²) in [5.41, 5.74) is 6.56. The summed E-state index contributed by atoms with van der Waals surface area (Å²) in [4.78, 5) is 4.23. The average molecular weight is 249 g/mol. The van der Waals surface area contributed by atoms with Gasteiger partial charge in [0.05, 0.1) is 12.3 Å². The van der Waals surface area contributed by atoms with Crippen LogP contribution in [0.1, 0.15) is 12.7 Å². The van der Waals surface area contributed by atoms with Crippen molar-refractivity contribution in [2.24, 2.45) is 0 Å². The van der Waals surface area contributed by atoms with Gasteiger partial charge in [0.1, 0.15) is 5.75 Å². The van der Waals surface area contributed by atoms with E-state index in [1.54, 1.807) is 12.1 Å². The molecule has 96 valence electrons. The van der Waals surface area contributed by atoms with Crippen LogP contribution in [-0.2, 0) is 11.2 Å². The van der Waals surface area contributed by atoms with Gasteiger partial charge in [0.25, 0.3) is 5.89 Å². The molecule has 0 spiro atoms. The molecule has 0 saturated carbocycles. The molecule has 1 aromatic carbocycles. The summed E-state index contributed by atoms with van der Waals surface area (Å²) >= 11 is 0. The van der Waals surface area contributed by atoms with Gasteiger partial charge in [-0.15, -0.1) is 0 Å². The van der Waals surface area contributed by atoms with Gasteiger partial charge in [-0.2, -0.15) is 4.98 Å². The van der Waals surface area contributed by atoms with E-state index in [0.29, 0.717) is 36.9 Å². The fraction of sp³-hybridized carbons (Fsp3) is 0.333. The van der Waals surface area contributed by atoms with Crippen LogP contribution in [0.5, 0.6) is 5.75 Å². The van der Waals surface area contributed by atoms with E-state index in [9.17, 15) is 5.11 Å². The van der Waals surface area contributed by atoms with Gasteiger partial charge in [0, 0.05) is 18.6 Å². The maximum Gasteiger partial charge on any atom is 0.258 e. The van der Waals surface area contributed by atoms with Gasteiger partial charge in [0.2, 0.25) is 0 Å². The summed E-state index contributed by atoms with van der Waals surface area (Å²) in [7, 11) is 0. The number of aromatic hydroxyl groups is 1. The minimum atomic E-state index is 0.0369. The number of nitrogen functional groups attached to an aromatic ring is 1. The molecule has 0 saturated heterocycles. The van der Waals surface area contributed by atoms with E-state index < -0.39 is 0 Å². The molecule has 2 aromatic rings. The van der Waals surface area contributed by atoms with Crippen LogP contribution < -0.4 is 5.73 Å². The van der Waals surface area contributed by atoms with Crippen LogP contribution in [0.25, 0.3) is 11.5 Å². The van der Waals surface area contributed by atoms with Crippen LogP contribution in [0, 0.1) is 0 Å². The molecule has 1 heterocycles. The molecule has 0 aliphatic rings. The first kappa shape index (κ1) is 12.4. The number of hydrogen-bond acceptors (Lipinski definition) is 6. The van der Waals surface area contributed by atoms with E-state index in [4.69, 9.17) is 15.0 Å². The molecule has 6 heteroatoms. The average Bonchev–Trinajstić information content (AvgIpc) is 2.82. The minimum Gasteiger partial charge on any atom is -0.506 e. The number of ether oxygens (including phenoxy) is 1. The van der Waals surface area contributed by atoms with Crippen LogP contribution in [0.3, 0.4) is 0 Å². The molecule has 0 fully saturated rings. The van der Waals surface area contributed by atoms with Crippen molar-refractivity contribution in [1.82, 2.24) is 10.1 Å². The van der Waals surface area contributed by atoms with E-state index in [-0.39, 0.29) is 11.4 Å². The molecule has 2 rings (SSSR count). The van der Waals surface area contributed by atoms with Gasteiger partial charge in [-0.1, -0.05) is 5.16 Å². The Labute approximate surface area is 104 Å². The fourth-order valence-electron chi connectivity index (χ4n) is 1.47. The van der Waals surface area contributed by atoms with Crippen LogP contribution in [0.4, 0.5) is 5.69 Å². The molecule has 18 heavy (non-hydrogen) atoms. The van der Waals surface area contributed by atoms with Crippen molar-refractivity contribution >= 4 is 5.69 Å². The lowest BCUT2D eigenvalue weighted by atomic mass is 10.2. The normalized spacial score (nSPS) is 10.7. The van der Waals surface area contributed by atoms with Crippen LogP contribution in [-0.4, -0.2) is 28.5 Å². The number of benzene rings is 1. The number of hydrogen-bond donors (Lipinski definition) is 2. The number of phenolic OH excluding ortho intramolecular Hbond substituents is 1. The van der Waals surface area contributed by atoms with E-state index in [1.807, 2.05) is 6.92 Å². The van der Waals surface area contributed by atoms with Gasteiger partial charge >= 0.3 is 0 Å². The van der Waals surface area contributed by atoms with Crippen molar-refractivity contribution in [3.63, 3.8) is 0 Å². The Kier molecular flexibility index (Phi) is 3.78. The second kappa shape index (κ2) is 5.50. The lowest BCUT2D eigenvalue weighted by Gasteiger charge is -1.99. The monoisotopic (exact) mass is 249 g/mol. The zero-order valence-corrected chi connectivity index (χ0v) is 10.1. The molecule has 0 amide bonds. The Morgan fingerprint density at radius 2 is 2.28 bits per heavy atom.